The first-order valence-corrected chi connectivity index (χ1v) is 7.71. The summed E-state index contributed by atoms with van der Waals surface area (Å²) in [6.07, 6.45) is 1.29. The molecule has 0 saturated heterocycles. The maximum atomic E-state index is 13.2. The van der Waals surface area contributed by atoms with Crippen LogP contribution in [0.15, 0.2) is 33.8 Å². The minimum atomic E-state index is -4.03. The van der Waals surface area contributed by atoms with Gasteiger partial charge in [-0.05, 0) is 34.1 Å². The topological polar surface area (TPSA) is 98.0 Å². The predicted molar refractivity (Wildman–Crippen MR) is 76.4 cm³/mol. The second kappa shape index (κ2) is 5.51. The Bertz CT molecular complexity index is 772. The number of nitrogen functional groups attached to an aromatic ring is 1. The highest BCUT2D eigenvalue weighted by molar-refractivity contribution is 9.10. The number of nitrogens with one attached hydrogen (secondary N) is 1. The zero-order valence-corrected chi connectivity index (χ0v) is 12.8. The van der Waals surface area contributed by atoms with Gasteiger partial charge in [0.15, 0.2) is 0 Å². The molecule has 0 aliphatic rings. The van der Waals surface area contributed by atoms with E-state index in [2.05, 4.69) is 30.6 Å². The fourth-order valence-electron chi connectivity index (χ4n) is 1.31. The molecule has 1 aromatic carbocycles. The number of sulfonamides is 1. The molecule has 0 spiro atoms. The van der Waals surface area contributed by atoms with E-state index in [0.29, 0.717) is 0 Å². The molecule has 3 N–H and O–H groups in total. The zero-order chi connectivity index (χ0) is 14.9. The lowest BCUT2D eigenvalue weighted by Gasteiger charge is -2.09. The first kappa shape index (κ1) is 14.9. The number of nitrogens with two attached hydrogens (primary N) is 1. The van der Waals surface area contributed by atoms with Gasteiger partial charge in [0.2, 0.25) is 5.95 Å². The molecule has 2 aromatic rings. The number of nitrogens with zero attached hydrogens (tertiary/aromatic N) is 2. The molecule has 0 saturated carbocycles. The maximum Gasteiger partial charge on any atom is 0.265 e. The van der Waals surface area contributed by atoms with Gasteiger partial charge in [-0.2, -0.15) is 0 Å². The van der Waals surface area contributed by atoms with Crippen molar-refractivity contribution in [1.29, 1.82) is 0 Å². The van der Waals surface area contributed by atoms with Crippen molar-refractivity contribution in [2.75, 3.05) is 10.5 Å². The molecule has 106 valence electrons. The van der Waals surface area contributed by atoms with Crippen LogP contribution in [0.5, 0.6) is 0 Å². The third-order valence-corrected chi connectivity index (χ3v) is 4.69. The van der Waals surface area contributed by atoms with Gasteiger partial charge in [0.05, 0.1) is 5.69 Å². The summed E-state index contributed by atoms with van der Waals surface area (Å²) in [5.74, 6) is -0.929. The van der Waals surface area contributed by atoms with Crippen LogP contribution in [0.25, 0.3) is 0 Å². The molecule has 2 rings (SSSR count). The van der Waals surface area contributed by atoms with Gasteiger partial charge in [-0.3, -0.25) is 0 Å². The van der Waals surface area contributed by atoms with Crippen molar-refractivity contribution >= 4 is 49.2 Å². The molecule has 0 unspecified atom stereocenters. The Kier molecular flexibility index (Phi) is 4.11. The first-order chi connectivity index (χ1) is 9.29. The molecule has 0 fully saturated rings. The minimum Gasteiger partial charge on any atom is -0.396 e. The maximum absolute atomic E-state index is 13.2. The number of rotatable bonds is 3. The molecular formula is C10H7BrClFN4O2S. The van der Waals surface area contributed by atoms with E-state index < -0.39 is 15.8 Å². The number of aromatic nitrogens is 2. The van der Waals surface area contributed by atoms with Crippen molar-refractivity contribution in [3.05, 3.63) is 39.8 Å². The lowest BCUT2D eigenvalue weighted by Crippen LogP contribution is -2.16. The fraction of sp³-hybridized carbons (Fsp3) is 0. The van der Waals surface area contributed by atoms with Gasteiger partial charge >= 0.3 is 0 Å². The van der Waals surface area contributed by atoms with Crippen LogP contribution in [0.2, 0.25) is 5.15 Å². The quantitative estimate of drug-likeness (QED) is 0.628. The number of anilines is 2. The van der Waals surface area contributed by atoms with Crippen LogP contribution >= 0.6 is 27.5 Å². The van der Waals surface area contributed by atoms with Gasteiger partial charge in [-0.1, -0.05) is 11.6 Å². The summed E-state index contributed by atoms with van der Waals surface area (Å²) in [5.41, 5.74) is 5.07. The summed E-state index contributed by atoms with van der Waals surface area (Å²) in [4.78, 5) is 7.17. The van der Waals surface area contributed by atoms with Gasteiger partial charge in [-0.15, -0.1) is 0 Å². The van der Waals surface area contributed by atoms with Crippen LogP contribution < -0.4 is 10.5 Å². The number of hydrogen-bond acceptors (Lipinski definition) is 5. The van der Waals surface area contributed by atoms with E-state index in [0.717, 1.165) is 12.1 Å². The Morgan fingerprint density at radius 1 is 1.40 bits per heavy atom. The summed E-state index contributed by atoms with van der Waals surface area (Å²) < 4.78 is 39.7. The molecule has 1 aromatic heterocycles. The van der Waals surface area contributed by atoms with Gasteiger partial charge < -0.3 is 5.73 Å². The minimum absolute atomic E-state index is 0.0266. The molecule has 0 atom stereocenters. The van der Waals surface area contributed by atoms with Crippen molar-refractivity contribution in [1.82, 2.24) is 9.97 Å². The molecule has 0 amide bonds. The third kappa shape index (κ3) is 3.17. The normalized spacial score (nSPS) is 11.3. The standard InChI is InChI=1S/C10H7BrClFN4O2S/c11-5-3-6(13)7(14)4-8(5)20(18,19)17-10-15-2-1-9(12)16-10/h1-4H,14H2,(H,15,16,17). The molecular weight excluding hydrogens is 375 g/mol. The Morgan fingerprint density at radius 2 is 2.10 bits per heavy atom. The summed E-state index contributed by atoms with van der Waals surface area (Å²) in [6.45, 7) is 0. The second-order valence-electron chi connectivity index (χ2n) is 3.61. The summed E-state index contributed by atoms with van der Waals surface area (Å²) in [6, 6.07) is 3.35. The number of benzene rings is 1. The number of hydrogen-bond donors (Lipinski definition) is 2. The van der Waals surface area contributed by atoms with Crippen LogP contribution in [0.4, 0.5) is 16.0 Å². The molecule has 10 heteroatoms. The SMILES string of the molecule is Nc1cc(S(=O)(=O)Nc2nccc(Cl)n2)c(Br)cc1F. The Labute approximate surface area is 127 Å². The molecule has 1 heterocycles. The van der Waals surface area contributed by atoms with Crippen molar-refractivity contribution in [2.24, 2.45) is 0 Å². The van der Waals surface area contributed by atoms with E-state index in [1.165, 1.54) is 12.3 Å². The predicted octanol–water partition coefficient (Wildman–Crippen LogP) is 2.41. The summed E-state index contributed by atoms with van der Waals surface area (Å²) >= 11 is 8.60. The van der Waals surface area contributed by atoms with E-state index in [9.17, 15) is 12.8 Å². The summed E-state index contributed by atoms with van der Waals surface area (Å²) in [5, 5.41) is 0.0791. The van der Waals surface area contributed by atoms with Crippen molar-refractivity contribution in [2.45, 2.75) is 4.90 Å². The van der Waals surface area contributed by atoms with Crippen LogP contribution in [0.1, 0.15) is 0 Å². The van der Waals surface area contributed by atoms with Crippen LogP contribution in [0.3, 0.4) is 0 Å². The van der Waals surface area contributed by atoms with Crippen molar-refractivity contribution in [3.63, 3.8) is 0 Å². The highest BCUT2D eigenvalue weighted by Gasteiger charge is 2.21. The highest BCUT2D eigenvalue weighted by Crippen LogP contribution is 2.27. The van der Waals surface area contributed by atoms with Crippen LogP contribution in [-0.4, -0.2) is 18.4 Å². The van der Waals surface area contributed by atoms with Crippen LogP contribution in [-0.2, 0) is 10.0 Å². The van der Waals surface area contributed by atoms with E-state index in [4.69, 9.17) is 17.3 Å². The lowest BCUT2D eigenvalue weighted by molar-refractivity contribution is 0.599. The van der Waals surface area contributed by atoms with E-state index >= 15 is 0 Å². The molecule has 6 nitrogen and oxygen atoms in total. The van der Waals surface area contributed by atoms with Crippen molar-refractivity contribution < 1.29 is 12.8 Å². The molecule has 20 heavy (non-hydrogen) atoms. The molecule has 0 aliphatic heterocycles. The summed E-state index contributed by atoms with van der Waals surface area (Å²) in [7, 11) is -4.03. The second-order valence-corrected chi connectivity index (χ2v) is 6.51. The first-order valence-electron chi connectivity index (χ1n) is 5.05. The Morgan fingerprint density at radius 3 is 2.75 bits per heavy atom. The van der Waals surface area contributed by atoms with E-state index in [1.807, 2.05) is 0 Å². The van der Waals surface area contributed by atoms with Crippen LogP contribution in [0, 0.1) is 5.82 Å². The average Bonchev–Trinajstić information content (AvgIpc) is 2.33. The van der Waals surface area contributed by atoms with E-state index in [1.54, 1.807) is 0 Å². The molecule has 0 aliphatic carbocycles. The lowest BCUT2D eigenvalue weighted by atomic mass is 10.3. The Hall–Kier alpha value is -1.45. The zero-order valence-electron chi connectivity index (χ0n) is 9.64. The largest absolute Gasteiger partial charge is 0.396 e. The highest BCUT2D eigenvalue weighted by atomic mass is 79.9. The van der Waals surface area contributed by atoms with E-state index in [-0.39, 0.29) is 26.2 Å². The fourth-order valence-corrected chi connectivity index (χ4v) is 3.45. The smallest absolute Gasteiger partial charge is 0.265 e. The Balaban J connectivity index is 2.43. The third-order valence-electron chi connectivity index (χ3n) is 2.19. The van der Waals surface area contributed by atoms with Gasteiger partial charge in [0.1, 0.15) is 15.9 Å². The monoisotopic (exact) mass is 380 g/mol. The molecule has 0 radical (unpaired) electrons. The van der Waals surface area contributed by atoms with Crippen molar-refractivity contribution in [3.8, 4) is 0 Å². The van der Waals surface area contributed by atoms with Gasteiger partial charge in [-0.25, -0.2) is 27.5 Å². The molecule has 0 bridgehead atoms. The van der Waals surface area contributed by atoms with Gasteiger partial charge in [0.25, 0.3) is 10.0 Å². The number of halogens is 3. The average molecular weight is 382 g/mol. The van der Waals surface area contributed by atoms with Gasteiger partial charge in [0, 0.05) is 10.7 Å².